The fourth-order valence-electron chi connectivity index (χ4n) is 3.68. The molecule has 4 rings (SSSR count). The minimum absolute atomic E-state index is 0.0220. The molecule has 25 heavy (non-hydrogen) atoms. The van der Waals surface area contributed by atoms with E-state index in [1.807, 2.05) is 4.90 Å². The van der Waals surface area contributed by atoms with Gasteiger partial charge in [-0.25, -0.2) is 14.2 Å². The number of anilines is 2. The number of hydrogen-bond acceptors (Lipinski definition) is 4. The Labute approximate surface area is 149 Å². The molecule has 2 aliphatic heterocycles. The molecule has 0 unspecified atom stereocenters. The lowest BCUT2D eigenvalue weighted by Crippen LogP contribution is -2.38. The van der Waals surface area contributed by atoms with Crippen molar-refractivity contribution in [1.82, 2.24) is 4.98 Å². The van der Waals surface area contributed by atoms with Gasteiger partial charge in [0.2, 0.25) is 0 Å². The molecule has 5 nitrogen and oxygen atoms in total. The van der Waals surface area contributed by atoms with Crippen LogP contribution in [0.4, 0.5) is 15.8 Å². The Balaban J connectivity index is 1.84. The third-order valence-electron chi connectivity index (χ3n) is 5.01. The lowest BCUT2D eigenvalue weighted by Gasteiger charge is -2.33. The molecule has 3 heterocycles. The Morgan fingerprint density at radius 2 is 2.04 bits per heavy atom. The number of rotatable bonds is 2. The predicted octanol–water partition coefficient (Wildman–Crippen LogP) is 3.77. The van der Waals surface area contributed by atoms with Gasteiger partial charge in [-0.2, -0.15) is 0 Å². The van der Waals surface area contributed by atoms with Crippen molar-refractivity contribution in [2.75, 3.05) is 24.7 Å². The number of ether oxygens (including phenoxy) is 1. The summed E-state index contributed by atoms with van der Waals surface area (Å²) >= 11 is 5.80. The maximum absolute atomic E-state index is 13.9. The number of carboxylic acids is 1. The van der Waals surface area contributed by atoms with Gasteiger partial charge in [-0.3, -0.25) is 0 Å². The van der Waals surface area contributed by atoms with Crippen molar-refractivity contribution in [3.8, 4) is 0 Å². The molecule has 1 saturated heterocycles. The molecule has 0 amide bonds. The summed E-state index contributed by atoms with van der Waals surface area (Å²) in [6, 6.07) is 7.93. The first-order chi connectivity index (χ1) is 12.0. The lowest BCUT2D eigenvalue weighted by molar-refractivity contribution is 0.0543. The van der Waals surface area contributed by atoms with Crippen molar-refractivity contribution in [1.29, 1.82) is 0 Å². The van der Waals surface area contributed by atoms with Crippen molar-refractivity contribution in [2.24, 2.45) is 0 Å². The molecule has 1 N–H and O–H groups in total. The molecule has 2 aliphatic rings. The van der Waals surface area contributed by atoms with Crippen molar-refractivity contribution in [3.63, 3.8) is 0 Å². The molecule has 0 bridgehead atoms. The SMILES string of the molecule is O=C(O)c1ccc2c(n1)C1(CCOCC1)CN2c1ccc(Cl)c(F)c1. The first-order valence-corrected chi connectivity index (χ1v) is 8.43. The summed E-state index contributed by atoms with van der Waals surface area (Å²) in [5.41, 5.74) is 1.99. The van der Waals surface area contributed by atoms with E-state index >= 15 is 0 Å². The Hall–Kier alpha value is -2.18. The number of carboxylic acid groups (broad SMARTS) is 1. The van der Waals surface area contributed by atoms with E-state index in [-0.39, 0.29) is 16.1 Å². The van der Waals surface area contributed by atoms with E-state index in [1.54, 1.807) is 12.1 Å². The fraction of sp³-hybridized carbons (Fsp3) is 0.333. The molecule has 0 atom stereocenters. The Kier molecular flexibility index (Phi) is 3.89. The van der Waals surface area contributed by atoms with E-state index in [0.717, 1.165) is 24.2 Å². The van der Waals surface area contributed by atoms with Crippen LogP contribution >= 0.6 is 11.6 Å². The quantitative estimate of drug-likeness (QED) is 0.881. The second kappa shape index (κ2) is 5.97. The van der Waals surface area contributed by atoms with E-state index < -0.39 is 11.8 Å². The molecule has 130 valence electrons. The molecular formula is C18H16ClFN2O3. The summed E-state index contributed by atoms with van der Waals surface area (Å²) in [4.78, 5) is 17.8. The number of aromatic carboxylic acids is 1. The molecule has 7 heteroatoms. The topological polar surface area (TPSA) is 62.7 Å². The van der Waals surface area contributed by atoms with Crippen molar-refractivity contribution in [3.05, 3.63) is 52.6 Å². The van der Waals surface area contributed by atoms with Crippen molar-refractivity contribution >= 4 is 28.9 Å². The van der Waals surface area contributed by atoms with Crippen LogP contribution in [0.2, 0.25) is 5.02 Å². The van der Waals surface area contributed by atoms with E-state index in [0.29, 0.717) is 25.4 Å². The number of hydrogen-bond donors (Lipinski definition) is 1. The smallest absolute Gasteiger partial charge is 0.354 e. The van der Waals surface area contributed by atoms with Crippen molar-refractivity contribution in [2.45, 2.75) is 18.3 Å². The maximum atomic E-state index is 13.9. The van der Waals surface area contributed by atoms with Gasteiger partial charge >= 0.3 is 5.97 Å². The molecular weight excluding hydrogens is 347 g/mol. The summed E-state index contributed by atoms with van der Waals surface area (Å²) in [6.07, 6.45) is 1.51. The molecule has 1 aromatic carbocycles. The minimum atomic E-state index is -1.05. The lowest BCUT2D eigenvalue weighted by atomic mass is 9.78. The largest absolute Gasteiger partial charge is 0.477 e. The normalized spacial score (nSPS) is 18.4. The predicted molar refractivity (Wildman–Crippen MR) is 91.3 cm³/mol. The highest BCUT2D eigenvalue weighted by Gasteiger charge is 2.46. The first-order valence-electron chi connectivity index (χ1n) is 8.05. The standard InChI is InChI=1S/C18H16ClFN2O3/c19-12-2-1-11(9-13(12)20)22-10-18(5-7-25-8-6-18)16-15(22)4-3-14(21-16)17(23)24/h1-4,9H,5-8,10H2,(H,23,24). The highest BCUT2D eigenvalue weighted by Crippen LogP contribution is 2.48. The van der Waals surface area contributed by atoms with Crippen LogP contribution in [0.5, 0.6) is 0 Å². The van der Waals surface area contributed by atoms with Gasteiger partial charge in [-0.1, -0.05) is 11.6 Å². The monoisotopic (exact) mass is 362 g/mol. The second-order valence-electron chi connectivity index (χ2n) is 6.45. The average Bonchev–Trinajstić information content (AvgIpc) is 2.92. The zero-order valence-corrected chi connectivity index (χ0v) is 14.1. The van der Waals surface area contributed by atoms with Gasteiger partial charge in [0.1, 0.15) is 11.5 Å². The van der Waals surface area contributed by atoms with Gasteiger partial charge in [0.05, 0.1) is 16.4 Å². The van der Waals surface area contributed by atoms with E-state index in [4.69, 9.17) is 16.3 Å². The van der Waals surface area contributed by atoms with Gasteiger partial charge in [-0.05, 0) is 43.2 Å². The molecule has 1 spiro atoms. The number of pyridine rings is 1. The zero-order chi connectivity index (χ0) is 17.6. The van der Waals surface area contributed by atoms with Crippen LogP contribution in [-0.2, 0) is 10.2 Å². The summed E-state index contributed by atoms with van der Waals surface area (Å²) in [5.74, 6) is -1.54. The van der Waals surface area contributed by atoms with E-state index in [9.17, 15) is 14.3 Å². The first kappa shape index (κ1) is 16.3. The number of nitrogens with zero attached hydrogens (tertiary/aromatic N) is 2. The van der Waals surface area contributed by atoms with E-state index in [2.05, 4.69) is 4.98 Å². The van der Waals surface area contributed by atoms with Crippen LogP contribution in [0.1, 0.15) is 29.0 Å². The van der Waals surface area contributed by atoms with Gasteiger partial charge in [-0.15, -0.1) is 0 Å². The highest BCUT2D eigenvalue weighted by molar-refractivity contribution is 6.30. The number of aromatic nitrogens is 1. The van der Waals surface area contributed by atoms with Crippen LogP contribution in [0.15, 0.2) is 30.3 Å². The Morgan fingerprint density at radius 3 is 2.72 bits per heavy atom. The van der Waals surface area contributed by atoms with Gasteiger partial charge in [0.25, 0.3) is 0 Å². The van der Waals surface area contributed by atoms with Crippen LogP contribution in [0.3, 0.4) is 0 Å². The number of halogens is 2. The molecule has 1 fully saturated rings. The number of fused-ring (bicyclic) bond motifs is 2. The minimum Gasteiger partial charge on any atom is -0.477 e. The summed E-state index contributed by atoms with van der Waals surface area (Å²) in [5, 5.41) is 9.36. The summed E-state index contributed by atoms with van der Waals surface area (Å²) in [6.45, 7) is 1.81. The number of carbonyl (C=O) groups is 1. The summed E-state index contributed by atoms with van der Waals surface area (Å²) < 4.78 is 19.4. The van der Waals surface area contributed by atoms with Crippen LogP contribution < -0.4 is 4.90 Å². The highest BCUT2D eigenvalue weighted by atomic mass is 35.5. The maximum Gasteiger partial charge on any atom is 0.354 e. The molecule has 2 aromatic rings. The van der Waals surface area contributed by atoms with Crippen LogP contribution in [0.25, 0.3) is 0 Å². The third kappa shape index (κ3) is 2.65. The van der Waals surface area contributed by atoms with E-state index in [1.165, 1.54) is 18.2 Å². The van der Waals surface area contributed by atoms with Crippen LogP contribution in [-0.4, -0.2) is 35.8 Å². The van der Waals surface area contributed by atoms with Crippen molar-refractivity contribution < 1.29 is 19.0 Å². The second-order valence-corrected chi connectivity index (χ2v) is 6.85. The summed E-state index contributed by atoms with van der Waals surface area (Å²) in [7, 11) is 0. The molecule has 0 aliphatic carbocycles. The van der Waals surface area contributed by atoms with Gasteiger partial charge in [0, 0.05) is 30.9 Å². The molecule has 1 aromatic heterocycles. The Bertz CT molecular complexity index is 852. The average molecular weight is 363 g/mol. The molecule has 0 saturated carbocycles. The Morgan fingerprint density at radius 1 is 1.28 bits per heavy atom. The van der Waals surface area contributed by atoms with Gasteiger partial charge in [0.15, 0.2) is 0 Å². The molecule has 0 radical (unpaired) electrons. The third-order valence-corrected chi connectivity index (χ3v) is 5.32. The fourth-order valence-corrected chi connectivity index (χ4v) is 3.80. The van der Waals surface area contributed by atoms with Gasteiger partial charge < -0.3 is 14.7 Å². The van der Waals surface area contributed by atoms with Crippen LogP contribution in [0, 0.1) is 5.82 Å². The zero-order valence-electron chi connectivity index (χ0n) is 13.3. The number of benzene rings is 1.